The minimum absolute atomic E-state index is 0.0479. The van der Waals surface area contributed by atoms with Crippen molar-refractivity contribution in [2.24, 2.45) is 5.92 Å². The molecule has 1 amide bonds. The number of nitrogens with one attached hydrogen (secondary N) is 1. The van der Waals surface area contributed by atoms with Crippen LogP contribution in [0.25, 0.3) is 0 Å². The number of amides is 1. The van der Waals surface area contributed by atoms with E-state index in [1.165, 1.54) is 0 Å². The quantitative estimate of drug-likeness (QED) is 0.769. The normalized spacial score (nSPS) is 29.3. The standard InChI is InChI=1S/C12H21NO4S/c14-11(7-10-3-6-18(16,17)8-10)13-9-12(15)4-1-2-5-12/h10,15H,1-9H2,(H,13,14). The van der Waals surface area contributed by atoms with Crippen molar-refractivity contribution in [3.05, 3.63) is 0 Å². The maximum absolute atomic E-state index is 11.7. The van der Waals surface area contributed by atoms with Crippen molar-refractivity contribution in [3.8, 4) is 0 Å². The van der Waals surface area contributed by atoms with Crippen molar-refractivity contribution >= 4 is 15.7 Å². The molecule has 0 aromatic carbocycles. The van der Waals surface area contributed by atoms with Crippen LogP contribution in [0.3, 0.4) is 0 Å². The minimum Gasteiger partial charge on any atom is -0.388 e. The van der Waals surface area contributed by atoms with Crippen molar-refractivity contribution in [2.45, 2.75) is 44.1 Å². The molecular weight excluding hydrogens is 254 g/mol. The van der Waals surface area contributed by atoms with E-state index < -0.39 is 15.4 Å². The highest BCUT2D eigenvalue weighted by molar-refractivity contribution is 7.91. The molecular formula is C12H21NO4S. The smallest absolute Gasteiger partial charge is 0.220 e. The Labute approximate surface area is 108 Å². The molecule has 2 N–H and O–H groups in total. The molecule has 1 aliphatic heterocycles. The highest BCUT2D eigenvalue weighted by Gasteiger charge is 2.33. The van der Waals surface area contributed by atoms with Gasteiger partial charge in [0.1, 0.15) is 0 Å². The molecule has 1 aliphatic carbocycles. The summed E-state index contributed by atoms with van der Waals surface area (Å²) in [5, 5.41) is 12.8. The average molecular weight is 275 g/mol. The first kappa shape index (κ1) is 13.8. The fourth-order valence-corrected chi connectivity index (χ4v) is 4.70. The number of carbonyl (C=O) groups excluding carboxylic acids is 1. The van der Waals surface area contributed by atoms with Crippen LogP contribution in [0.2, 0.25) is 0 Å². The molecule has 18 heavy (non-hydrogen) atoms. The molecule has 1 unspecified atom stereocenters. The van der Waals surface area contributed by atoms with E-state index in [1.807, 2.05) is 0 Å². The Bertz CT molecular complexity index is 412. The molecule has 2 rings (SSSR count). The van der Waals surface area contributed by atoms with Gasteiger partial charge < -0.3 is 10.4 Å². The molecule has 0 bridgehead atoms. The van der Waals surface area contributed by atoms with Gasteiger partial charge in [-0.05, 0) is 25.2 Å². The van der Waals surface area contributed by atoms with Crippen LogP contribution in [-0.2, 0) is 14.6 Å². The van der Waals surface area contributed by atoms with Gasteiger partial charge in [0.05, 0.1) is 17.1 Å². The third kappa shape index (κ3) is 3.68. The van der Waals surface area contributed by atoms with Gasteiger partial charge in [-0.1, -0.05) is 12.8 Å². The average Bonchev–Trinajstić information content (AvgIpc) is 2.84. The van der Waals surface area contributed by atoms with Gasteiger partial charge in [-0.25, -0.2) is 8.42 Å². The summed E-state index contributed by atoms with van der Waals surface area (Å²) in [5.41, 5.74) is -0.739. The Morgan fingerprint density at radius 3 is 2.56 bits per heavy atom. The zero-order valence-corrected chi connectivity index (χ0v) is 11.3. The number of carbonyl (C=O) groups is 1. The number of rotatable bonds is 4. The van der Waals surface area contributed by atoms with Crippen molar-refractivity contribution in [2.75, 3.05) is 18.1 Å². The summed E-state index contributed by atoms with van der Waals surface area (Å²) in [7, 11) is -2.91. The minimum atomic E-state index is -2.91. The van der Waals surface area contributed by atoms with E-state index in [4.69, 9.17) is 0 Å². The first-order valence-electron chi connectivity index (χ1n) is 6.58. The zero-order chi connectivity index (χ0) is 13.2. The summed E-state index contributed by atoms with van der Waals surface area (Å²) in [6, 6.07) is 0. The van der Waals surface area contributed by atoms with E-state index >= 15 is 0 Å². The Balaban J connectivity index is 1.73. The van der Waals surface area contributed by atoms with Gasteiger partial charge in [-0.2, -0.15) is 0 Å². The van der Waals surface area contributed by atoms with Gasteiger partial charge in [0.15, 0.2) is 9.84 Å². The number of hydrogen-bond donors (Lipinski definition) is 2. The highest BCUT2D eigenvalue weighted by Crippen LogP contribution is 2.28. The molecule has 2 fully saturated rings. The molecule has 1 saturated carbocycles. The third-order valence-corrected chi connectivity index (χ3v) is 5.79. The summed E-state index contributed by atoms with van der Waals surface area (Å²) < 4.78 is 22.5. The van der Waals surface area contributed by atoms with Crippen LogP contribution in [-0.4, -0.2) is 43.1 Å². The fourth-order valence-electron chi connectivity index (χ4n) is 2.84. The predicted octanol–water partition coefficient (Wildman–Crippen LogP) is 0.232. The van der Waals surface area contributed by atoms with Gasteiger partial charge in [0.2, 0.25) is 5.91 Å². The van der Waals surface area contributed by atoms with Gasteiger partial charge in [-0.3, -0.25) is 4.79 Å². The lowest BCUT2D eigenvalue weighted by atomic mass is 10.0. The molecule has 1 saturated heterocycles. The van der Waals surface area contributed by atoms with E-state index in [-0.39, 0.29) is 29.8 Å². The summed E-state index contributed by atoms with van der Waals surface area (Å²) in [5.74, 6) is 0.144. The van der Waals surface area contributed by atoms with Crippen LogP contribution in [0, 0.1) is 5.92 Å². The molecule has 5 nitrogen and oxygen atoms in total. The van der Waals surface area contributed by atoms with Crippen LogP contribution in [0.4, 0.5) is 0 Å². The Hall–Kier alpha value is -0.620. The lowest BCUT2D eigenvalue weighted by molar-refractivity contribution is -0.123. The second kappa shape index (κ2) is 5.17. The van der Waals surface area contributed by atoms with Crippen LogP contribution < -0.4 is 5.32 Å². The molecule has 0 spiro atoms. The van der Waals surface area contributed by atoms with Gasteiger partial charge in [0.25, 0.3) is 0 Å². The van der Waals surface area contributed by atoms with E-state index in [0.717, 1.165) is 25.7 Å². The maximum atomic E-state index is 11.7. The second-order valence-electron chi connectivity index (χ2n) is 5.68. The Morgan fingerprint density at radius 2 is 2.00 bits per heavy atom. The van der Waals surface area contributed by atoms with E-state index in [1.54, 1.807) is 0 Å². The van der Waals surface area contributed by atoms with Gasteiger partial charge >= 0.3 is 0 Å². The number of aliphatic hydroxyl groups is 1. The molecule has 2 aliphatic rings. The van der Waals surface area contributed by atoms with Crippen molar-refractivity contribution < 1.29 is 18.3 Å². The number of sulfone groups is 1. The summed E-state index contributed by atoms with van der Waals surface area (Å²) >= 11 is 0. The first-order valence-corrected chi connectivity index (χ1v) is 8.40. The van der Waals surface area contributed by atoms with Gasteiger partial charge in [-0.15, -0.1) is 0 Å². The summed E-state index contributed by atoms with van der Waals surface area (Å²) in [4.78, 5) is 11.7. The fraction of sp³-hybridized carbons (Fsp3) is 0.917. The van der Waals surface area contributed by atoms with Crippen molar-refractivity contribution in [1.29, 1.82) is 0 Å². The highest BCUT2D eigenvalue weighted by atomic mass is 32.2. The molecule has 0 radical (unpaired) electrons. The zero-order valence-electron chi connectivity index (χ0n) is 10.5. The molecule has 1 heterocycles. The topological polar surface area (TPSA) is 83.5 Å². The predicted molar refractivity (Wildman–Crippen MR) is 67.8 cm³/mol. The van der Waals surface area contributed by atoms with Crippen LogP contribution in [0.5, 0.6) is 0 Å². The monoisotopic (exact) mass is 275 g/mol. The molecule has 1 atom stereocenters. The van der Waals surface area contributed by atoms with Crippen LogP contribution >= 0.6 is 0 Å². The maximum Gasteiger partial charge on any atom is 0.220 e. The van der Waals surface area contributed by atoms with Crippen molar-refractivity contribution in [1.82, 2.24) is 5.32 Å². The molecule has 0 aromatic rings. The van der Waals surface area contributed by atoms with Crippen molar-refractivity contribution in [3.63, 3.8) is 0 Å². The second-order valence-corrected chi connectivity index (χ2v) is 7.91. The Morgan fingerprint density at radius 1 is 1.33 bits per heavy atom. The lowest BCUT2D eigenvalue weighted by Gasteiger charge is -2.22. The molecule has 6 heteroatoms. The third-order valence-electron chi connectivity index (χ3n) is 3.95. The summed E-state index contributed by atoms with van der Waals surface area (Å²) in [6.45, 7) is 0.297. The van der Waals surface area contributed by atoms with Crippen LogP contribution in [0.15, 0.2) is 0 Å². The van der Waals surface area contributed by atoms with Crippen LogP contribution in [0.1, 0.15) is 38.5 Å². The first-order chi connectivity index (χ1) is 8.39. The Kier molecular flexibility index (Phi) is 3.96. The van der Waals surface area contributed by atoms with Gasteiger partial charge in [0, 0.05) is 13.0 Å². The largest absolute Gasteiger partial charge is 0.388 e. The van der Waals surface area contributed by atoms with E-state index in [9.17, 15) is 18.3 Å². The lowest BCUT2D eigenvalue weighted by Crippen LogP contribution is -2.41. The molecule has 104 valence electrons. The SMILES string of the molecule is O=C(CC1CCS(=O)(=O)C1)NCC1(O)CCCC1. The molecule has 0 aromatic heterocycles. The van der Waals surface area contributed by atoms with E-state index in [0.29, 0.717) is 13.0 Å². The number of hydrogen-bond acceptors (Lipinski definition) is 4. The summed E-state index contributed by atoms with van der Waals surface area (Å²) in [6.07, 6.45) is 4.34. The van der Waals surface area contributed by atoms with E-state index in [2.05, 4.69) is 5.32 Å².